The summed E-state index contributed by atoms with van der Waals surface area (Å²) in [4.78, 5) is 26.8. The number of hydrogen-bond donors (Lipinski definition) is 2. The average Bonchev–Trinajstić information content (AvgIpc) is 3.50. The Kier molecular flexibility index (Phi) is 7.74. The van der Waals surface area contributed by atoms with Gasteiger partial charge in [-0.15, -0.1) is 0 Å². The van der Waals surface area contributed by atoms with Gasteiger partial charge >= 0.3 is 5.97 Å². The Labute approximate surface area is 178 Å². The lowest BCUT2D eigenvalue weighted by molar-refractivity contribution is -0.136. The number of rotatable bonds is 10. The van der Waals surface area contributed by atoms with Crippen LogP contribution < -0.4 is 5.73 Å². The van der Waals surface area contributed by atoms with Crippen LogP contribution in [0.4, 0.5) is 0 Å². The van der Waals surface area contributed by atoms with Gasteiger partial charge in [-0.05, 0) is 36.5 Å². The van der Waals surface area contributed by atoms with E-state index in [4.69, 9.17) is 17.3 Å². The molecule has 1 aromatic rings. The van der Waals surface area contributed by atoms with Crippen LogP contribution in [0.2, 0.25) is 5.02 Å². The lowest BCUT2D eigenvalue weighted by atomic mass is 9.94. The molecule has 1 aliphatic heterocycles. The quantitative estimate of drug-likeness (QED) is 0.420. The van der Waals surface area contributed by atoms with Crippen LogP contribution in [-0.2, 0) is 16.1 Å². The molecular weight excluding hydrogens is 416 g/mol. The molecule has 0 amide bonds. The number of carboxylic acids is 1. The van der Waals surface area contributed by atoms with Crippen molar-refractivity contribution in [1.82, 2.24) is 4.90 Å². The molecule has 1 aliphatic carbocycles. The fraction of sp³-hybridized carbons (Fsp3) is 0.500. The normalized spacial score (nSPS) is 19.8. The van der Waals surface area contributed by atoms with Crippen LogP contribution >= 0.6 is 33.2 Å². The summed E-state index contributed by atoms with van der Waals surface area (Å²) in [6.07, 6.45) is 2.48. The zero-order valence-corrected chi connectivity index (χ0v) is 18.0. The Morgan fingerprint density at radius 3 is 2.64 bits per heavy atom. The second kappa shape index (κ2) is 10.1. The highest BCUT2D eigenvalue weighted by Crippen LogP contribution is 2.43. The summed E-state index contributed by atoms with van der Waals surface area (Å²) in [5.41, 5.74) is 7.90. The number of nitrogens with zero attached hydrogens (tertiary/aromatic N) is 1. The minimum atomic E-state index is -0.898. The fourth-order valence-electron chi connectivity index (χ4n) is 3.40. The lowest BCUT2D eigenvalue weighted by Crippen LogP contribution is -2.38. The molecule has 5 nitrogen and oxygen atoms in total. The summed E-state index contributed by atoms with van der Waals surface area (Å²) in [6.45, 7) is 1.81. The molecule has 8 heteroatoms. The number of ketones is 1. The van der Waals surface area contributed by atoms with Gasteiger partial charge in [0.15, 0.2) is 5.78 Å². The number of allylic oxidation sites excluding steroid dienone is 1. The van der Waals surface area contributed by atoms with Crippen LogP contribution in [0.25, 0.3) is 0 Å². The van der Waals surface area contributed by atoms with Crippen LogP contribution in [0.15, 0.2) is 35.5 Å². The predicted octanol–water partition coefficient (Wildman–Crippen LogP) is 3.96. The van der Waals surface area contributed by atoms with E-state index in [2.05, 4.69) is 0 Å². The van der Waals surface area contributed by atoms with Crippen molar-refractivity contribution < 1.29 is 14.7 Å². The Morgan fingerprint density at radius 2 is 2.00 bits per heavy atom. The van der Waals surface area contributed by atoms with Crippen molar-refractivity contribution in [2.45, 2.75) is 37.5 Å². The molecule has 152 valence electrons. The maximum atomic E-state index is 13.2. The minimum Gasteiger partial charge on any atom is -0.481 e. The topological polar surface area (TPSA) is 83.6 Å². The summed E-state index contributed by atoms with van der Waals surface area (Å²) < 4.78 is 0. The summed E-state index contributed by atoms with van der Waals surface area (Å²) in [5, 5.41) is 10.2. The molecule has 2 aliphatic rings. The average molecular weight is 441 g/mol. The molecule has 0 aromatic heterocycles. The van der Waals surface area contributed by atoms with Crippen molar-refractivity contribution in [3.05, 3.63) is 46.1 Å². The number of carbonyl (C=O) groups excluding carboxylic acids is 1. The van der Waals surface area contributed by atoms with Gasteiger partial charge in [-0.2, -0.15) is 0 Å². The van der Waals surface area contributed by atoms with Gasteiger partial charge in [-0.3, -0.25) is 9.59 Å². The highest BCUT2D eigenvalue weighted by atomic mass is 35.5. The maximum Gasteiger partial charge on any atom is 0.307 e. The summed E-state index contributed by atoms with van der Waals surface area (Å²) in [7, 11) is 3.30. The molecule has 0 saturated heterocycles. The van der Waals surface area contributed by atoms with Gasteiger partial charge in [0.25, 0.3) is 0 Å². The van der Waals surface area contributed by atoms with Gasteiger partial charge in [0.1, 0.15) is 0 Å². The standard InChI is InChI=1S/C20H25ClN2O3S2/c21-16-4-2-1-3-14(16)12-23-9-7-17(28-27-10-8-22)15(11-18(24)25)19(23)20(26)13-5-6-13/h1-4,13,17H,5-12,22H2,(H,24,25). The molecular formula is C20H25ClN2O3S2. The van der Waals surface area contributed by atoms with Crippen LogP contribution in [0, 0.1) is 5.92 Å². The number of halogens is 1. The largest absolute Gasteiger partial charge is 0.481 e. The van der Waals surface area contributed by atoms with Gasteiger partial charge < -0.3 is 15.7 Å². The van der Waals surface area contributed by atoms with Gasteiger partial charge in [0.2, 0.25) is 0 Å². The molecule has 1 heterocycles. The minimum absolute atomic E-state index is 0.0212. The van der Waals surface area contributed by atoms with Crippen LogP contribution in [-0.4, -0.2) is 45.9 Å². The highest BCUT2D eigenvalue weighted by Gasteiger charge is 2.39. The molecule has 0 radical (unpaired) electrons. The zero-order chi connectivity index (χ0) is 20.1. The van der Waals surface area contributed by atoms with Gasteiger partial charge in [-0.25, -0.2) is 0 Å². The van der Waals surface area contributed by atoms with Crippen molar-refractivity contribution in [1.29, 1.82) is 0 Å². The van der Waals surface area contributed by atoms with Crippen LogP contribution in [0.5, 0.6) is 0 Å². The first-order valence-electron chi connectivity index (χ1n) is 9.47. The fourth-order valence-corrected chi connectivity index (χ4v) is 6.18. The molecule has 1 unspecified atom stereocenters. The number of aliphatic carboxylic acids is 1. The third kappa shape index (κ3) is 5.47. The molecule has 1 aromatic carbocycles. The molecule has 3 rings (SSSR count). The SMILES string of the molecule is NCCSSC1CCN(Cc2ccccc2Cl)C(C(=O)C2CC2)=C1CC(=O)O. The molecule has 1 fully saturated rings. The van der Waals surface area contributed by atoms with E-state index in [1.165, 1.54) is 0 Å². The second-order valence-electron chi connectivity index (χ2n) is 7.08. The van der Waals surface area contributed by atoms with E-state index in [0.29, 0.717) is 30.4 Å². The van der Waals surface area contributed by atoms with Crippen molar-refractivity contribution in [3.63, 3.8) is 0 Å². The number of Topliss-reactive ketones (excluding diaryl/α,β-unsaturated/α-hetero) is 1. The van der Waals surface area contributed by atoms with Gasteiger partial charge in [0, 0.05) is 41.6 Å². The van der Waals surface area contributed by atoms with Crippen molar-refractivity contribution >= 4 is 44.9 Å². The Hall–Kier alpha value is -1.15. The molecule has 3 N–H and O–H groups in total. The third-order valence-electron chi connectivity index (χ3n) is 4.90. The number of carbonyl (C=O) groups is 2. The number of hydrogen-bond acceptors (Lipinski definition) is 6. The van der Waals surface area contributed by atoms with E-state index in [1.54, 1.807) is 21.6 Å². The monoisotopic (exact) mass is 440 g/mol. The highest BCUT2D eigenvalue weighted by molar-refractivity contribution is 8.77. The lowest BCUT2D eigenvalue weighted by Gasteiger charge is -2.37. The van der Waals surface area contributed by atoms with E-state index in [0.717, 1.165) is 36.2 Å². The predicted molar refractivity (Wildman–Crippen MR) is 116 cm³/mol. The number of carboxylic acid groups (broad SMARTS) is 1. The molecule has 1 atom stereocenters. The van der Waals surface area contributed by atoms with Gasteiger partial charge in [-0.1, -0.05) is 51.4 Å². The Morgan fingerprint density at radius 1 is 1.25 bits per heavy atom. The van der Waals surface area contributed by atoms with Crippen molar-refractivity contribution in [2.24, 2.45) is 11.7 Å². The first-order valence-corrected chi connectivity index (χ1v) is 12.2. The Balaban J connectivity index is 1.94. The first-order chi connectivity index (χ1) is 13.5. The first kappa shape index (κ1) is 21.6. The zero-order valence-electron chi connectivity index (χ0n) is 15.6. The summed E-state index contributed by atoms with van der Waals surface area (Å²) in [6, 6.07) is 7.60. The summed E-state index contributed by atoms with van der Waals surface area (Å²) >= 11 is 6.34. The van der Waals surface area contributed by atoms with Crippen molar-refractivity contribution in [2.75, 3.05) is 18.8 Å². The number of benzene rings is 1. The third-order valence-corrected chi connectivity index (χ3v) is 8.16. The Bertz CT molecular complexity index is 768. The molecule has 0 bridgehead atoms. The van der Waals surface area contributed by atoms with E-state index in [1.807, 2.05) is 29.2 Å². The molecule has 1 saturated carbocycles. The maximum absolute atomic E-state index is 13.2. The van der Waals surface area contributed by atoms with E-state index in [-0.39, 0.29) is 23.4 Å². The van der Waals surface area contributed by atoms with E-state index >= 15 is 0 Å². The second-order valence-corrected chi connectivity index (χ2v) is 10.2. The van der Waals surface area contributed by atoms with Gasteiger partial charge in [0.05, 0.1) is 12.1 Å². The van der Waals surface area contributed by atoms with Crippen molar-refractivity contribution in [3.8, 4) is 0 Å². The summed E-state index contributed by atoms with van der Waals surface area (Å²) in [5.74, 6) is 0.0343. The van der Waals surface area contributed by atoms with E-state index < -0.39 is 5.97 Å². The smallest absolute Gasteiger partial charge is 0.307 e. The molecule has 28 heavy (non-hydrogen) atoms. The van der Waals surface area contributed by atoms with Crippen LogP contribution in [0.1, 0.15) is 31.2 Å². The van der Waals surface area contributed by atoms with E-state index in [9.17, 15) is 14.7 Å². The number of nitrogens with two attached hydrogens (primary N) is 1. The van der Waals surface area contributed by atoms with Crippen LogP contribution in [0.3, 0.4) is 0 Å². The molecule has 0 spiro atoms.